The first-order valence-corrected chi connectivity index (χ1v) is 8.99. The lowest BCUT2D eigenvalue weighted by Gasteiger charge is -2.38. The van der Waals surface area contributed by atoms with E-state index in [1.54, 1.807) is 34.6 Å². The summed E-state index contributed by atoms with van der Waals surface area (Å²) < 4.78 is 26.7. The molecule has 0 amide bonds. The van der Waals surface area contributed by atoms with Crippen LogP contribution in [0.25, 0.3) is 6.08 Å². The van der Waals surface area contributed by atoms with Gasteiger partial charge in [0.1, 0.15) is 0 Å². The second kappa shape index (κ2) is 6.92. The van der Waals surface area contributed by atoms with Crippen molar-refractivity contribution in [3.63, 3.8) is 0 Å². The van der Waals surface area contributed by atoms with Crippen LogP contribution >= 0.6 is 11.6 Å². The SMILES string of the molecule is CC1CCCC(CN)N1S(=O)(=O)C=Cc1ccc(Cl)cc1. The number of nitrogens with zero attached hydrogens (tertiary/aromatic N) is 1. The fourth-order valence-electron chi connectivity index (χ4n) is 2.75. The number of benzene rings is 1. The van der Waals surface area contributed by atoms with Crippen LogP contribution in [0.5, 0.6) is 0 Å². The predicted molar refractivity (Wildman–Crippen MR) is 87.4 cm³/mol. The molecule has 1 heterocycles. The molecule has 1 aliphatic heterocycles. The van der Waals surface area contributed by atoms with Crippen molar-refractivity contribution in [3.05, 3.63) is 40.3 Å². The molecular weight excluding hydrogens is 308 g/mol. The van der Waals surface area contributed by atoms with Crippen LogP contribution < -0.4 is 5.73 Å². The molecule has 0 bridgehead atoms. The molecule has 0 aromatic heterocycles. The minimum Gasteiger partial charge on any atom is -0.329 e. The van der Waals surface area contributed by atoms with Gasteiger partial charge in [-0.1, -0.05) is 30.2 Å². The van der Waals surface area contributed by atoms with Gasteiger partial charge in [-0.25, -0.2) is 8.42 Å². The van der Waals surface area contributed by atoms with Crippen molar-refractivity contribution >= 4 is 27.7 Å². The minimum atomic E-state index is -3.46. The molecule has 2 unspecified atom stereocenters. The van der Waals surface area contributed by atoms with Gasteiger partial charge in [0, 0.05) is 29.1 Å². The van der Waals surface area contributed by atoms with Crippen LogP contribution in [0.2, 0.25) is 5.02 Å². The molecule has 6 heteroatoms. The number of nitrogens with two attached hydrogens (primary N) is 1. The molecule has 0 aliphatic carbocycles. The van der Waals surface area contributed by atoms with Crippen LogP contribution in [-0.2, 0) is 10.0 Å². The van der Waals surface area contributed by atoms with E-state index in [0.717, 1.165) is 24.8 Å². The molecule has 1 fully saturated rings. The normalized spacial score (nSPS) is 24.5. The van der Waals surface area contributed by atoms with Crippen LogP contribution in [-0.4, -0.2) is 31.4 Å². The standard InChI is InChI=1S/C15H21ClN2O2S/c1-12-3-2-4-15(11-17)18(12)21(19,20)10-9-13-5-7-14(16)8-6-13/h5-10,12,15H,2-4,11,17H2,1H3. The zero-order valence-corrected chi connectivity index (χ0v) is 13.6. The number of halogens is 1. The lowest BCUT2D eigenvalue weighted by atomic mass is 10.00. The first-order valence-electron chi connectivity index (χ1n) is 7.11. The summed E-state index contributed by atoms with van der Waals surface area (Å²) >= 11 is 5.82. The Hall–Kier alpha value is -0.880. The number of hydrogen-bond acceptors (Lipinski definition) is 3. The molecule has 2 atom stereocenters. The quantitative estimate of drug-likeness (QED) is 0.924. The summed E-state index contributed by atoms with van der Waals surface area (Å²) in [6.45, 7) is 2.30. The van der Waals surface area contributed by atoms with E-state index < -0.39 is 10.0 Å². The van der Waals surface area contributed by atoms with E-state index in [4.69, 9.17) is 17.3 Å². The zero-order valence-electron chi connectivity index (χ0n) is 12.1. The lowest BCUT2D eigenvalue weighted by Crippen LogP contribution is -2.51. The molecule has 0 saturated carbocycles. The smallest absolute Gasteiger partial charge is 0.236 e. The Kier molecular flexibility index (Phi) is 5.43. The Morgan fingerprint density at radius 1 is 1.33 bits per heavy atom. The highest BCUT2D eigenvalue weighted by Gasteiger charge is 2.34. The van der Waals surface area contributed by atoms with E-state index in [1.165, 1.54) is 5.41 Å². The van der Waals surface area contributed by atoms with Crippen molar-refractivity contribution < 1.29 is 8.42 Å². The third-order valence-corrected chi connectivity index (χ3v) is 5.80. The van der Waals surface area contributed by atoms with Crippen LogP contribution in [0.3, 0.4) is 0 Å². The highest BCUT2D eigenvalue weighted by atomic mass is 35.5. The maximum absolute atomic E-state index is 12.6. The topological polar surface area (TPSA) is 63.4 Å². The molecule has 21 heavy (non-hydrogen) atoms. The molecule has 1 saturated heterocycles. The molecule has 0 radical (unpaired) electrons. The van der Waals surface area contributed by atoms with E-state index in [-0.39, 0.29) is 12.1 Å². The van der Waals surface area contributed by atoms with E-state index in [9.17, 15) is 8.42 Å². The van der Waals surface area contributed by atoms with Gasteiger partial charge in [-0.15, -0.1) is 0 Å². The van der Waals surface area contributed by atoms with Crippen molar-refractivity contribution in [3.8, 4) is 0 Å². The summed E-state index contributed by atoms with van der Waals surface area (Å²) in [4.78, 5) is 0. The summed E-state index contributed by atoms with van der Waals surface area (Å²) in [5.41, 5.74) is 6.53. The second-order valence-corrected chi connectivity index (χ2v) is 7.56. The largest absolute Gasteiger partial charge is 0.329 e. The van der Waals surface area contributed by atoms with Gasteiger partial charge in [0.2, 0.25) is 10.0 Å². The first kappa shape index (κ1) is 16.5. The fourth-order valence-corrected chi connectivity index (χ4v) is 4.56. The molecule has 2 N–H and O–H groups in total. The Balaban J connectivity index is 2.21. The van der Waals surface area contributed by atoms with Crippen molar-refractivity contribution in [2.45, 2.75) is 38.3 Å². The van der Waals surface area contributed by atoms with Gasteiger partial charge in [-0.3, -0.25) is 0 Å². The van der Waals surface area contributed by atoms with Crippen LogP contribution in [0.4, 0.5) is 0 Å². The van der Waals surface area contributed by atoms with E-state index >= 15 is 0 Å². The van der Waals surface area contributed by atoms with Crippen LogP contribution in [0, 0.1) is 0 Å². The maximum atomic E-state index is 12.6. The van der Waals surface area contributed by atoms with Gasteiger partial charge in [0.25, 0.3) is 0 Å². The van der Waals surface area contributed by atoms with Crippen molar-refractivity contribution in [1.82, 2.24) is 4.31 Å². The van der Waals surface area contributed by atoms with Crippen molar-refractivity contribution in [1.29, 1.82) is 0 Å². The monoisotopic (exact) mass is 328 g/mol. The second-order valence-electron chi connectivity index (χ2n) is 5.40. The molecule has 1 aromatic carbocycles. The summed E-state index contributed by atoms with van der Waals surface area (Å²) in [7, 11) is -3.46. The molecule has 1 aliphatic rings. The van der Waals surface area contributed by atoms with Gasteiger partial charge in [-0.2, -0.15) is 4.31 Å². The third kappa shape index (κ3) is 4.07. The van der Waals surface area contributed by atoms with E-state index in [1.807, 2.05) is 6.92 Å². The Morgan fingerprint density at radius 2 is 2.00 bits per heavy atom. The Morgan fingerprint density at radius 3 is 2.62 bits per heavy atom. The molecular formula is C15H21ClN2O2S. The molecule has 116 valence electrons. The van der Waals surface area contributed by atoms with Crippen LogP contribution in [0.15, 0.2) is 29.7 Å². The predicted octanol–water partition coefficient (Wildman–Crippen LogP) is 2.84. The van der Waals surface area contributed by atoms with Crippen molar-refractivity contribution in [2.24, 2.45) is 5.73 Å². The highest BCUT2D eigenvalue weighted by molar-refractivity contribution is 7.92. The lowest BCUT2D eigenvalue weighted by molar-refractivity contribution is 0.198. The highest BCUT2D eigenvalue weighted by Crippen LogP contribution is 2.26. The summed E-state index contributed by atoms with van der Waals surface area (Å²) in [5.74, 6) is 0. The number of sulfonamides is 1. The van der Waals surface area contributed by atoms with Crippen molar-refractivity contribution in [2.75, 3.05) is 6.54 Å². The molecule has 4 nitrogen and oxygen atoms in total. The van der Waals surface area contributed by atoms with Gasteiger partial charge in [0.15, 0.2) is 0 Å². The number of rotatable bonds is 4. The summed E-state index contributed by atoms with van der Waals surface area (Å²) in [6, 6.07) is 6.93. The molecule has 2 rings (SSSR count). The molecule has 1 aromatic rings. The molecule has 0 spiro atoms. The Labute approximate surface area is 131 Å². The maximum Gasteiger partial charge on any atom is 0.236 e. The average molecular weight is 329 g/mol. The zero-order chi connectivity index (χ0) is 15.5. The average Bonchev–Trinajstić information content (AvgIpc) is 2.46. The van der Waals surface area contributed by atoms with Gasteiger partial charge in [0.05, 0.1) is 0 Å². The van der Waals surface area contributed by atoms with Gasteiger partial charge >= 0.3 is 0 Å². The first-order chi connectivity index (χ1) is 9.94. The van der Waals surface area contributed by atoms with Gasteiger partial charge in [-0.05, 0) is 43.5 Å². The van der Waals surface area contributed by atoms with Crippen LogP contribution in [0.1, 0.15) is 31.7 Å². The van der Waals surface area contributed by atoms with Gasteiger partial charge < -0.3 is 5.73 Å². The summed E-state index contributed by atoms with van der Waals surface area (Å²) in [6.07, 6.45) is 4.33. The van der Waals surface area contributed by atoms with E-state index in [0.29, 0.717) is 11.6 Å². The number of hydrogen-bond donors (Lipinski definition) is 1. The van der Waals surface area contributed by atoms with E-state index in [2.05, 4.69) is 0 Å². The minimum absolute atomic E-state index is 0.00725. The summed E-state index contributed by atoms with van der Waals surface area (Å²) in [5, 5.41) is 1.89. The Bertz CT molecular complexity index is 599. The fraction of sp³-hybridized carbons (Fsp3) is 0.467. The number of piperidine rings is 1. The third-order valence-electron chi connectivity index (χ3n) is 3.82.